The molecule has 0 saturated heterocycles. The number of nitro groups is 1. The molecule has 1 aromatic rings. The molecule has 1 aromatic carbocycles. The molecule has 0 N–H and O–H groups in total. The minimum Gasteiger partial charge on any atom is -0.297 e. The van der Waals surface area contributed by atoms with Crippen LogP contribution >= 0.6 is 11.6 Å². The molecule has 0 aromatic heterocycles. The highest BCUT2D eigenvalue weighted by atomic mass is 35.5. The number of halogens is 2. The number of nitro benzene ring substituents is 1. The lowest BCUT2D eigenvalue weighted by Gasteiger charge is -1.98. The summed E-state index contributed by atoms with van der Waals surface area (Å²) in [6.45, 7) is 0. The topological polar surface area (TPSA) is 60.2 Å². The lowest BCUT2D eigenvalue weighted by molar-refractivity contribution is -0.385. The molecule has 0 bridgehead atoms. The summed E-state index contributed by atoms with van der Waals surface area (Å²) >= 11 is 5.41. The van der Waals surface area contributed by atoms with Crippen LogP contribution in [0, 0.1) is 15.9 Å². The molecule has 4 nitrogen and oxygen atoms in total. The Labute approximate surface area is 77.1 Å². The molecule has 13 heavy (non-hydrogen) atoms. The van der Waals surface area contributed by atoms with Crippen LogP contribution in [0.3, 0.4) is 0 Å². The van der Waals surface area contributed by atoms with Crippen LogP contribution in [0.4, 0.5) is 10.1 Å². The van der Waals surface area contributed by atoms with Crippen LogP contribution in [0.15, 0.2) is 12.1 Å². The van der Waals surface area contributed by atoms with Crippen LogP contribution in [0.1, 0.15) is 10.4 Å². The van der Waals surface area contributed by atoms with Gasteiger partial charge < -0.3 is 0 Å². The fourth-order valence-electron chi connectivity index (χ4n) is 0.854. The molecule has 0 spiro atoms. The molecular weight excluding hydrogens is 201 g/mol. The number of hydrogen-bond acceptors (Lipinski definition) is 3. The molecule has 0 saturated carbocycles. The van der Waals surface area contributed by atoms with Gasteiger partial charge in [0.25, 0.3) is 0 Å². The highest BCUT2D eigenvalue weighted by molar-refractivity contribution is 6.33. The lowest BCUT2D eigenvalue weighted by Crippen LogP contribution is -1.98. The van der Waals surface area contributed by atoms with Gasteiger partial charge in [-0.3, -0.25) is 14.9 Å². The second-order valence-electron chi connectivity index (χ2n) is 2.17. The summed E-state index contributed by atoms with van der Waals surface area (Å²) in [5, 5.41) is 10.1. The van der Waals surface area contributed by atoms with Gasteiger partial charge in [-0.05, 0) is 12.1 Å². The number of carbonyl (C=O) groups excluding carboxylic acids is 1. The maximum absolute atomic E-state index is 12.8. The molecule has 0 aliphatic carbocycles. The first-order valence-electron chi connectivity index (χ1n) is 3.15. The van der Waals surface area contributed by atoms with Gasteiger partial charge in [-0.15, -0.1) is 0 Å². The Kier molecular flexibility index (Phi) is 2.57. The molecule has 0 heterocycles. The summed E-state index contributed by atoms with van der Waals surface area (Å²) in [6.07, 6.45) is 0.0688. The second kappa shape index (κ2) is 3.49. The summed E-state index contributed by atoms with van der Waals surface area (Å²) in [5.74, 6) is -0.953. The predicted molar refractivity (Wildman–Crippen MR) is 43.5 cm³/mol. The van der Waals surface area contributed by atoms with E-state index in [4.69, 9.17) is 11.6 Å². The molecule has 1 rings (SSSR count). The number of carbonyl (C=O) groups is 1. The third-order valence-corrected chi connectivity index (χ3v) is 1.72. The average molecular weight is 204 g/mol. The van der Waals surface area contributed by atoms with Crippen LogP contribution in [0.5, 0.6) is 0 Å². The van der Waals surface area contributed by atoms with Gasteiger partial charge in [0, 0.05) is 0 Å². The van der Waals surface area contributed by atoms with Crippen LogP contribution in [0.2, 0.25) is 5.02 Å². The molecule has 68 valence electrons. The number of aldehydes is 1. The van der Waals surface area contributed by atoms with E-state index in [1.165, 1.54) is 0 Å². The molecule has 0 aliphatic heterocycles. The minimum absolute atomic E-state index is 0.0688. The third kappa shape index (κ3) is 1.65. The van der Waals surface area contributed by atoms with E-state index in [1.54, 1.807) is 0 Å². The van der Waals surface area contributed by atoms with Gasteiger partial charge in [0.2, 0.25) is 0 Å². The van der Waals surface area contributed by atoms with E-state index in [1.807, 2.05) is 0 Å². The van der Waals surface area contributed by atoms with Crippen molar-refractivity contribution in [3.8, 4) is 0 Å². The van der Waals surface area contributed by atoms with Gasteiger partial charge in [-0.1, -0.05) is 11.6 Å². The largest absolute Gasteiger partial charge is 0.301 e. The first-order valence-corrected chi connectivity index (χ1v) is 3.53. The zero-order chi connectivity index (χ0) is 10.0. The molecule has 0 unspecified atom stereocenters. The van der Waals surface area contributed by atoms with Crippen molar-refractivity contribution >= 4 is 23.6 Å². The smallest absolute Gasteiger partial charge is 0.297 e. The van der Waals surface area contributed by atoms with E-state index in [2.05, 4.69) is 0 Å². The molecule has 0 amide bonds. The van der Waals surface area contributed by atoms with Crippen molar-refractivity contribution < 1.29 is 14.1 Å². The van der Waals surface area contributed by atoms with E-state index >= 15 is 0 Å². The first-order chi connectivity index (χ1) is 6.07. The highest BCUT2D eigenvalue weighted by Crippen LogP contribution is 2.28. The lowest BCUT2D eigenvalue weighted by atomic mass is 10.2. The Morgan fingerprint density at radius 1 is 1.54 bits per heavy atom. The zero-order valence-corrected chi connectivity index (χ0v) is 6.92. The summed E-state index contributed by atoms with van der Waals surface area (Å²) in [5.41, 5.74) is -1.32. The minimum atomic E-state index is -0.953. The molecular formula is C7H3ClFNO3. The SMILES string of the molecule is O=Cc1c(F)ccc(Cl)c1[N+](=O)[O-]. The average Bonchev–Trinajstić information content (AvgIpc) is 2.07. The normalized spacial score (nSPS) is 9.69. The summed E-state index contributed by atoms with van der Waals surface area (Å²) in [4.78, 5) is 19.8. The fourth-order valence-corrected chi connectivity index (χ4v) is 1.09. The molecule has 0 fully saturated rings. The second-order valence-corrected chi connectivity index (χ2v) is 2.57. The van der Waals surface area contributed by atoms with E-state index < -0.39 is 22.0 Å². The summed E-state index contributed by atoms with van der Waals surface area (Å²) < 4.78 is 12.8. The van der Waals surface area contributed by atoms with E-state index in [0.29, 0.717) is 0 Å². The highest BCUT2D eigenvalue weighted by Gasteiger charge is 2.21. The predicted octanol–water partition coefficient (Wildman–Crippen LogP) is 2.20. The van der Waals surface area contributed by atoms with Crippen molar-refractivity contribution in [2.45, 2.75) is 0 Å². The Balaban J connectivity index is 3.52. The fraction of sp³-hybridized carbons (Fsp3) is 0. The number of benzene rings is 1. The Morgan fingerprint density at radius 2 is 2.15 bits per heavy atom. The summed E-state index contributed by atoms with van der Waals surface area (Å²) in [7, 11) is 0. The Hall–Kier alpha value is -1.49. The van der Waals surface area contributed by atoms with Crippen molar-refractivity contribution in [1.82, 2.24) is 0 Å². The zero-order valence-electron chi connectivity index (χ0n) is 6.16. The van der Waals surface area contributed by atoms with Crippen molar-refractivity contribution in [2.75, 3.05) is 0 Å². The standard InChI is InChI=1S/C7H3ClFNO3/c8-5-1-2-6(9)4(3-11)7(5)10(12)13/h1-3H. The van der Waals surface area contributed by atoms with Gasteiger partial charge >= 0.3 is 5.69 Å². The van der Waals surface area contributed by atoms with Crippen LogP contribution in [-0.4, -0.2) is 11.2 Å². The number of nitrogens with zero attached hydrogens (tertiary/aromatic N) is 1. The van der Waals surface area contributed by atoms with Gasteiger partial charge in [0.05, 0.1) is 4.92 Å². The maximum Gasteiger partial charge on any atom is 0.301 e. The first kappa shape index (κ1) is 9.60. The monoisotopic (exact) mass is 203 g/mol. The van der Waals surface area contributed by atoms with Gasteiger partial charge in [0.15, 0.2) is 6.29 Å². The maximum atomic E-state index is 12.8. The van der Waals surface area contributed by atoms with Crippen molar-refractivity contribution in [2.24, 2.45) is 0 Å². The Morgan fingerprint density at radius 3 is 2.54 bits per heavy atom. The van der Waals surface area contributed by atoms with Crippen LogP contribution < -0.4 is 0 Å². The van der Waals surface area contributed by atoms with Crippen molar-refractivity contribution in [3.05, 3.63) is 38.7 Å². The van der Waals surface area contributed by atoms with Gasteiger partial charge in [0.1, 0.15) is 16.4 Å². The molecule has 0 aliphatic rings. The summed E-state index contributed by atoms with van der Waals surface area (Å²) in [6, 6.07) is 1.93. The van der Waals surface area contributed by atoms with Gasteiger partial charge in [-0.2, -0.15) is 0 Å². The molecule has 0 radical (unpaired) electrons. The van der Waals surface area contributed by atoms with Gasteiger partial charge in [-0.25, -0.2) is 4.39 Å². The van der Waals surface area contributed by atoms with Crippen molar-refractivity contribution in [3.63, 3.8) is 0 Å². The van der Waals surface area contributed by atoms with Crippen molar-refractivity contribution in [1.29, 1.82) is 0 Å². The quantitative estimate of drug-likeness (QED) is 0.421. The van der Waals surface area contributed by atoms with E-state index in [9.17, 15) is 19.3 Å². The Bertz CT molecular complexity index is 380. The van der Waals surface area contributed by atoms with E-state index in [0.717, 1.165) is 12.1 Å². The number of hydrogen-bond donors (Lipinski definition) is 0. The number of rotatable bonds is 2. The third-order valence-electron chi connectivity index (χ3n) is 1.42. The van der Waals surface area contributed by atoms with E-state index in [-0.39, 0.29) is 11.3 Å². The molecule has 0 atom stereocenters. The molecule has 6 heteroatoms. The van der Waals surface area contributed by atoms with Crippen LogP contribution in [0.25, 0.3) is 0 Å². The van der Waals surface area contributed by atoms with Crippen LogP contribution in [-0.2, 0) is 0 Å².